The average Bonchev–Trinajstić information content (AvgIpc) is 2.25. The van der Waals surface area contributed by atoms with E-state index >= 15 is 0 Å². The predicted octanol–water partition coefficient (Wildman–Crippen LogP) is 2.37. The van der Waals surface area contributed by atoms with E-state index in [0.29, 0.717) is 6.61 Å². The van der Waals surface area contributed by atoms with Crippen molar-refractivity contribution in [3.8, 4) is 0 Å². The summed E-state index contributed by atoms with van der Waals surface area (Å²) in [5.41, 5.74) is 0. The van der Waals surface area contributed by atoms with E-state index in [9.17, 15) is 9.59 Å². The van der Waals surface area contributed by atoms with Crippen LogP contribution in [0.25, 0.3) is 0 Å². The van der Waals surface area contributed by atoms with Crippen LogP contribution in [0.15, 0.2) is 0 Å². The maximum atomic E-state index is 11.0. The van der Waals surface area contributed by atoms with Gasteiger partial charge in [0.2, 0.25) is 0 Å². The molecule has 0 aromatic carbocycles. The Morgan fingerprint density at radius 3 is 2.18 bits per heavy atom. The third kappa shape index (κ3) is 15.9. The molecule has 0 rings (SSSR count). The van der Waals surface area contributed by atoms with Gasteiger partial charge in [0.1, 0.15) is 0 Å². The summed E-state index contributed by atoms with van der Waals surface area (Å²) in [5, 5.41) is 8.35. The average molecular weight is 253 g/mol. The minimum Gasteiger partial charge on any atom is -0.481 e. The van der Waals surface area contributed by atoms with Crippen molar-refractivity contribution in [3.05, 3.63) is 0 Å². The van der Waals surface area contributed by atoms with Crippen LogP contribution >= 0.6 is 0 Å². The van der Waals surface area contributed by atoms with E-state index in [1.54, 1.807) is 0 Å². The summed E-state index contributed by atoms with van der Waals surface area (Å²) in [5.74, 6) is -1.37. The molecule has 0 atom stereocenters. The second-order valence-corrected chi connectivity index (χ2v) is 3.88. The van der Waals surface area contributed by atoms with Crippen LogP contribution in [0.1, 0.15) is 58.3 Å². The predicted molar refractivity (Wildman–Crippen MR) is 67.0 cm³/mol. The molecule has 0 fully saturated rings. The van der Waals surface area contributed by atoms with E-state index in [4.69, 9.17) is 9.84 Å². The van der Waals surface area contributed by atoms with Crippen LogP contribution in [0.5, 0.6) is 0 Å². The monoisotopic (exact) mass is 253 g/mol. The molecule has 0 amide bonds. The van der Waals surface area contributed by atoms with Crippen molar-refractivity contribution in [2.75, 3.05) is 6.61 Å². The van der Waals surface area contributed by atoms with Gasteiger partial charge in [-0.05, 0) is 6.42 Å². The molecular weight excluding hydrogens is 231 g/mol. The zero-order chi connectivity index (χ0) is 12.2. The topological polar surface area (TPSA) is 63.6 Å². The summed E-state index contributed by atoms with van der Waals surface area (Å²) in [6.45, 7) is 2.59. The molecule has 4 nitrogen and oxygen atoms in total. The van der Waals surface area contributed by atoms with E-state index in [1.165, 1.54) is 25.7 Å². The number of carboxylic acid groups (broad SMARTS) is 1. The fourth-order valence-corrected chi connectivity index (χ4v) is 1.35. The fraction of sp³-hybridized carbons (Fsp3) is 0.833. The van der Waals surface area contributed by atoms with Crippen molar-refractivity contribution in [3.63, 3.8) is 0 Å². The Labute approximate surface area is 125 Å². The van der Waals surface area contributed by atoms with E-state index < -0.39 is 11.9 Å². The molecule has 0 saturated carbocycles. The van der Waals surface area contributed by atoms with Crippen LogP contribution in [0.2, 0.25) is 0 Å². The minimum absolute atomic E-state index is 0. The molecule has 5 heteroatoms. The third-order valence-corrected chi connectivity index (χ3v) is 2.30. The number of carbonyl (C=O) groups is 2. The van der Waals surface area contributed by atoms with E-state index in [0.717, 1.165) is 12.8 Å². The van der Waals surface area contributed by atoms with Crippen LogP contribution in [-0.2, 0) is 14.3 Å². The van der Waals surface area contributed by atoms with Crippen LogP contribution in [0, 0.1) is 0 Å². The molecule has 1 radical (unpaired) electrons. The van der Waals surface area contributed by atoms with E-state index in [-0.39, 0.29) is 42.4 Å². The quantitative estimate of drug-likeness (QED) is 0.369. The van der Waals surface area contributed by atoms with Crippen molar-refractivity contribution in [2.24, 2.45) is 0 Å². The second kappa shape index (κ2) is 14.0. The smallest absolute Gasteiger partial charge is 0.306 e. The zero-order valence-electron chi connectivity index (χ0n) is 11.0. The Bertz CT molecular complexity index is 207. The van der Waals surface area contributed by atoms with Gasteiger partial charge >= 0.3 is 11.9 Å². The molecule has 0 aliphatic carbocycles. The van der Waals surface area contributed by atoms with Crippen molar-refractivity contribution in [1.82, 2.24) is 0 Å². The van der Waals surface area contributed by atoms with Gasteiger partial charge in [-0.2, -0.15) is 0 Å². The van der Waals surface area contributed by atoms with Gasteiger partial charge in [0.05, 0.1) is 19.4 Å². The fourth-order valence-electron chi connectivity index (χ4n) is 1.35. The molecule has 0 aromatic heterocycles. The maximum absolute atomic E-state index is 11.0. The number of ether oxygens (including phenoxy) is 1. The number of carbonyl (C=O) groups excluding carboxylic acids is 1. The molecule has 17 heavy (non-hydrogen) atoms. The first-order valence-corrected chi connectivity index (χ1v) is 6.04. The Morgan fingerprint density at radius 2 is 1.59 bits per heavy atom. The largest absolute Gasteiger partial charge is 0.481 e. The molecule has 0 spiro atoms. The van der Waals surface area contributed by atoms with Crippen molar-refractivity contribution in [1.29, 1.82) is 0 Å². The SMILES string of the molecule is CCCCCCCCOC(=O)CCC(=O)O.[Na]. The summed E-state index contributed by atoms with van der Waals surface area (Å²) < 4.78 is 4.90. The number of carboxylic acids is 1. The number of hydrogen-bond acceptors (Lipinski definition) is 3. The van der Waals surface area contributed by atoms with Gasteiger partial charge in [-0.3, -0.25) is 9.59 Å². The standard InChI is InChI=1S/C12H22O4.Na/c1-2-3-4-5-6-7-10-16-12(15)9-8-11(13)14;/h2-10H2,1H3,(H,13,14);. The van der Waals surface area contributed by atoms with E-state index in [2.05, 4.69) is 6.92 Å². The summed E-state index contributed by atoms with van der Waals surface area (Å²) >= 11 is 0. The normalized spacial score (nSPS) is 9.47. The van der Waals surface area contributed by atoms with Gasteiger partial charge in [0, 0.05) is 29.6 Å². The van der Waals surface area contributed by atoms with Gasteiger partial charge in [-0.1, -0.05) is 39.0 Å². The van der Waals surface area contributed by atoms with Gasteiger partial charge in [-0.25, -0.2) is 0 Å². The maximum Gasteiger partial charge on any atom is 0.306 e. The molecule has 0 aliphatic heterocycles. The van der Waals surface area contributed by atoms with Gasteiger partial charge < -0.3 is 9.84 Å². The Hall–Kier alpha value is -0.0600. The van der Waals surface area contributed by atoms with Crippen LogP contribution in [0.3, 0.4) is 0 Å². The molecule has 0 heterocycles. The van der Waals surface area contributed by atoms with Crippen molar-refractivity contribution >= 4 is 41.5 Å². The first kappa shape index (κ1) is 19.3. The molecule has 0 unspecified atom stereocenters. The molecule has 95 valence electrons. The minimum atomic E-state index is -0.962. The molecule has 0 saturated heterocycles. The summed E-state index contributed by atoms with van der Waals surface area (Å²) in [4.78, 5) is 21.2. The van der Waals surface area contributed by atoms with Gasteiger partial charge in [0.25, 0.3) is 0 Å². The van der Waals surface area contributed by atoms with Crippen LogP contribution in [0.4, 0.5) is 0 Å². The second-order valence-electron chi connectivity index (χ2n) is 3.88. The molecule has 0 aliphatic rings. The zero-order valence-corrected chi connectivity index (χ0v) is 13.0. The van der Waals surface area contributed by atoms with Gasteiger partial charge in [0.15, 0.2) is 0 Å². The molecular formula is C12H22NaO4. The number of rotatable bonds is 10. The molecule has 1 N–H and O–H groups in total. The Kier molecular flexibility index (Phi) is 15.9. The van der Waals surface area contributed by atoms with Crippen LogP contribution < -0.4 is 0 Å². The Morgan fingerprint density at radius 1 is 1.00 bits per heavy atom. The number of esters is 1. The first-order valence-electron chi connectivity index (χ1n) is 6.04. The van der Waals surface area contributed by atoms with E-state index in [1.807, 2.05) is 0 Å². The molecule has 0 aromatic rings. The van der Waals surface area contributed by atoms with Crippen molar-refractivity contribution in [2.45, 2.75) is 58.3 Å². The number of aliphatic carboxylic acids is 1. The van der Waals surface area contributed by atoms with Crippen molar-refractivity contribution < 1.29 is 19.4 Å². The summed E-state index contributed by atoms with van der Waals surface area (Å²) in [6.07, 6.45) is 6.70. The summed E-state index contributed by atoms with van der Waals surface area (Å²) in [6, 6.07) is 0. The Balaban J connectivity index is 0. The third-order valence-electron chi connectivity index (χ3n) is 2.30. The first-order chi connectivity index (χ1) is 7.66. The number of unbranched alkanes of at least 4 members (excludes halogenated alkanes) is 5. The van der Waals surface area contributed by atoms with Gasteiger partial charge in [-0.15, -0.1) is 0 Å². The molecule has 0 bridgehead atoms. The van der Waals surface area contributed by atoms with Crippen LogP contribution in [-0.4, -0.2) is 53.2 Å². The number of hydrogen-bond donors (Lipinski definition) is 1. The summed E-state index contributed by atoms with van der Waals surface area (Å²) in [7, 11) is 0.